The lowest BCUT2D eigenvalue weighted by atomic mass is 9.92. The Morgan fingerprint density at radius 1 is 1.16 bits per heavy atom. The van der Waals surface area contributed by atoms with Gasteiger partial charge in [-0.2, -0.15) is 0 Å². The molecular formula is C19H22N2O4. The standard InChI is InChI=1S/C19H22N2O4/c1-25-19(24,11-16-12-20(13-22)9-10-21(16)14-23)18-8-4-6-15-5-2-3-7-17(15)18/h2-8,13-14,16,24H,9-12H2,1H3. The Kier molecular flexibility index (Phi) is 5.01. The molecule has 0 radical (unpaired) electrons. The van der Waals surface area contributed by atoms with Crippen LogP contribution in [0.25, 0.3) is 10.8 Å². The molecule has 3 rings (SSSR count). The number of rotatable bonds is 6. The molecule has 1 aliphatic rings. The van der Waals surface area contributed by atoms with Gasteiger partial charge in [0.2, 0.25) is 12.8 Å². The van der Waals surface area contributed by atoms with Crippen LogP contribution in [0, 0.1) is 0 Å². The predicted molar refractivity (Wildman–Crippen MR) is 93.7 cm³/mol. The Bertz CT molecular complexity index is 761. The molecular weight excluding hydrogens is 320 g/mol. The number of benzene rings is 2. The molecule has 2 unspecified atom stereocenters. The fourth-order valence-electron chi connectivity index (χ4n) is 3.50. The van der Waals surface area contributed by atoms with Crippen LogP contribution in [-0.4, -0.2) is 60.5 Å². The molecule has 1 fully saturated rings. The average Bonchev–Trinajstić information content (AvgIpc) is 2.67. The molecule has 0 bridgehead atoms. The van der Waals surface area contributed by atoms with E-state index in [2.05, 4.69) is 0 Å². The summed E-state index contributed by atoms with van der Waals surface area (Å²) in [6.45, 7) is 1.32. The van der Waals surface area contributed by atoms with Crippen LogP contribution >= 0.6 is 0 Å². The molecule has 0 saturated carbocycles. The third kappa shape index (κ3) is 3.36. The Hall–Kier alpha value is -2.44. The van der Waals surface area contributed by atoms with Crippen molar-refractivity contribution in [2.24, 2.45) is 0 Å². The molecule has 2 amide bonds. The van der Waals surface area contributed by atoms with Crippen molar-refractivity contribution in [1.29, 1.82) is 0 Å². The number of nitrogens with zero attached hydrogens (tertiary/aromatic N) is 2. The van der Waals surface area contributed by atoms with Crippen molar-refractivity contribution < 1.29 is 19.4 Å². The van der Waals surface area contributed by atoms with Gasteiger partial charge in [0, 0.05) is 38.7 Å². The van der Waals surface area contributed by atoms with Gasteiger partial charge in [0.15, 0.2) is 5.79 Å². The highest BCUT2D eigenvalue weighted by Gasteiger charge is 2.38. The SMILES string of the molecule is COC(O)(CC1CN(C=O)CCN1C=O)c1cccc2ccccc12. The second-order valence-corrected chi connectivity index (χ2v) is 6.32. The zero-order valence-corrected chi connectivity index (χ0v) is 14.2. The second-order valence-electron chi connectivity index (χ2n) is 6.32. The summed E-state index contributed by atoms with van der Waals surface area (Å²) in [4.78, 5) is 25.7. The van der Waals surface area contributed by atoms with Gasteiger partial charge in [0.1, 0.15) is 0 Å². The number of carbonyl (C=O) groups excluding carboxylic acids is 2. The molecule has 6 nitrogen and oxygen atoms in total. The number of amides is 2. The van der Waals surface area contributed by atoms with Gasteiger partial charge in [0.25, 0.3) is 0 Å². The van der Waals surface area contributed by atoms with Crippen LogP contribution in [0.4, 0.5) is 0 Å². The molecule has 25 heavy (non-hydrogen) atoms. The molecule has 6 heteroatoms. The molecule has 1 saturated heterocycles. The Labute approximate surface area is 146 Å². The number of aliphatic hydroxyl groups is 1. The van der Waals surface area contributed by atoms with Gasteiger partial charge in [-0.05, 0) is 10.8 Å². The number of fused-ring (bicyclic) bond motifs is 1. The minimum Gasteiger partial charge on any atom is -0.362 e. The van der Waals surface area contributed by atoms with Gasteiger partial charge >= 0.3 is 0 Å². The second kappa shape index (κ2) is 7.21. The van der Waals surface area contributed by atoms with Crippen LogP contribution in [0.3, 0.4) is 0 Å². The van der Waals surface area contributed by atoms with E-state index in [1.54, 1.807) is 9.80 Å². The van der Waals surface area contributed by atoms with Gasteiger partial charge in [-0.25, -0.2) is 0 Å². The van der Waals surface area contributed by atoms with Crippen LogP contribution < -0.4 is 0 Å². The maximum Gasteiger partial charge on any atom is 0.210 e. The summed E-state index contributed by atoms with van der Waals surface area (Å²) in [7, 11) is 1.45. The third-order valence-electron chi connectivity index (χ3n) is 4.90. The molecule has 2 aromatic rings. The zero-order chi connectivity index (χ0) is 17.9. The van der Waals surface area contributed by atoms with Crippen molar-refractivity contribution in [1.82, 2.24) is 9.80 Å². The Morgan fingerprint density at radius 2 is 1.92 bits per heavy atom. The number of methoxy groups -OCH3 is 1. The largest absolute Gasteiger partial charge is 0.362 e. The minimum absolute atomic E-state index is 0.181. The number of ether oxygens (including phenoxy) is 1. The van der Waals surface area contributed by atoms with Gasteiger partial charge in [-0.3, -0.25) is 9.59 Å². The first kappa shape index (κ1) is 17.4. The van der Waals surface area contributed by atoms with Gasteiger partial charge < -0.3 is 19.6 Å². The Morgan fingerprint density at radius 3 is 2.64 bits per heavy atom. The van der Waals surface area contributed by atoms with Crippen LogP contribution in [0.2, 0.25) is 0 Å². The van der Waals surface area contributed by atoms with Crippen LogP contribution in [0.15, 0.2) is 42.5 Å². The summed E-state index contributed by atoms with van der Waals surface area (Å²) in [5.74, 6) is -1.56. The lowest BCUT2D eigenvalue weighted by Gasteiger charge is -2.41. The molecule has 2 aromatic carbocycles. The smallest absolute Gasteiger partial charge is 0.210 e. The first-order chi connectivity index (χ1) is 12.1. The van der Waals surface area contributed by atoms with E-state index in [1.807, 2.05) is 42.5 Å². The summed E-state index contributed by atoms with van der Waals surface area (Å²) in [6, 6.07) is 13.1. The maximum atomic E-state index is 11.4. The van der Waals surface area contributed by atoms with E-state index in [9.17, 15) is 14.7 Å². The van der Waals surface area contributed by atoms with E-state index in [-0.39, 0.29) is 12.5 Å². The molecule has 0 spiro atoms. The molecule has 0 aromatic heterocycles. The van der Waals surface area contributed by atoms with E-state index in [0.29, 0.717) is 25.2 Å². The number of hydrogen-bond acceptors (Lipinski definition) is 4. The summed E-state index contributed by atoms with van der Waals surface area (Å²) in [6.07, 6.45) is 1.73. The molecule has 1 N–H and O–H groups in total. The summed E-state index contributed by atoms with van der Waals surface area (Å²) >= 11 is 0. The van der Waals surface area contributed by atoms with E-state index < -0.39 is 5.79 Å². The topological polar surface area (TPSA) is 70.1 Å². The number of hydrogen-bond donors (Lipinski definition) is 1. The highest BCUT2D eigenvalue weighted by atomic mass is 16.6. The van der Waals surface area contributed by atoms with Crippen LogP contribution in [0.5, 0.6) is 0 Å². The lowest BCUT2D eigenvalue weighted by molar-refractivity contribution is -0.208. The fourth-order valence-corrected chi connectivity index (χ4v) is 3.50. The van der Waals surface area contributed by atoms with Crippen molar-refractivity contribution in [2.45, 2.75) is 18.2 Å². The quantitative estimate of drug-likeness (QED) is 0.635. The highest BCUT2D eigenvalue weighted by Crippen LogP contribution is 2.34. The summed E-state index contributed by atoms with van der Waals surface area (Å²) in [5.41, 5.74) is 0.655. The lowest BCUT2D eigenvalue weighted by Crippen LogP contribution is -2.54. The first-order valence-electron chi connectivity index (χ1n) is 8.27. The van der Waals surface area contributed by atoms with E-state index in [4.69, 9.17) is 4.74 Å². The van der Waals surface area contributed by atoms with Crippen LogP contribution in [-0.2, 0) is 20.1 Å². The van der Waals surface area contributed by atoms with Gasteiger partial charge in [0.05, 0.1) is 6.04 Å². The van der Waals surface area contributed by atoms with Gasteiger partial charge in [-0.15, -0.1) is 0 Å². The van der Waals surface area contributed by atoms with E-state index in [0.717, 1.165) is 23.6 Å². The molecule has 0 aliphatic carbocycles. The highest BCUT2D eigenvalue weighted by molar-refractivity contribution is 5.86. The van der Waals surface area contributed by atoms with Crippen molar-refractivity contribution in [2.75, 3.05) is 26.7 Å². The van der Waals surface area contributed by atoms with Gasteiger partial charge in [-0.1, -0.05) is 42.5 Å². The zero-order valence-electron chi connectivity index (χ0n) is 14.2. The van der Waals surface area contributed by atoms with Crippen LogP contribution in [0.1, 0.15) is 12.0 Å². The monoisotopic (exact) mass is 342 g/mol. The first-order valence-corrected chi connectivity index (χ1v) is 8.27. The average molecular weight is 342 g/mol. The molecule has 2 atom stereocenters. The number of carbonyl (C=O) groups is 2. The van der Waals surface area contributed by atoms with Crippen molar-refractivity contribution >= 4 is 23.6 Å². The minimum atomic E-state index is -1.56. The normalized spacial score (nSPS) is 20.3. The Balaban J connectivity index is 1.96. The van der Waals surface area contributed by atoms with E-state index in [1.165, 1.54) is 7.11 Å². The predicted octanol–water partition coefficient (Wildman–Crippen LogP) is 1.32. The van der Waals surface area contributed by atoms with Crippen molar-refractivity contribution in [3.63, 3.8) is 0 Å². The number of piperazine rings is 1. The summed E-state index contributed by atoms with van der Waals surface area (Å²) < 4.78 is 5.50. The summed E-state index contributed by atoms with van der Waals surface area (Å²) in [5, 5.41) is 13.1. The fraction of sp³-hybridized carbons (Fsp3) is 0.368. The third-order valence-corrected chi connectivity index (χ3v) is 4.90. The molecule has 1 aliphatic heterocycles. The van der Waals surface area contributed by atoms with Crippen molar-refractivity contribution in [3.8, 4) is 0 Å². The molecule has 1 heterocycles. The van der Waals surface area contributed by atoms with E-state index >= 15 is 0 Å². The van der Waals surface area contributed by atoms with Crippen molar-refractivity contribution in [3.05, 3.63) is 48.0 Å². The maximum absolute atomic E-state index is 11.4. The molecule has 132 valence electrons.